The zero-order chi connectivity index (χ0) is 17.1. The fourth-order valence-electron chi connectivity index (χ4n) is 2.15. The molecule has 124 valence electrons. The van der Waals surface area contributed by atoms with Crippen molar-refractivity contribution >= 4 is 17.4 Å². The molecular formula is C14H15N7O2S. The van der Waals surface area contributed by atoms with Crippen LogP contribution >= 0.6 is 11.5 Å². The Morgan fingerprint density at radius 2 is 2.04 bits per heavy atom. The fraction of sp³-hybridized carbons (Fsp3) is 0.286. The second-order valence-corrected chi connectivity index (χ2v) is 6.01. The van der Waals surface area contributed by atoms with Crippen LogP contribution in [0.4, 0.5) is 0 Å². The van der Waals surface area contributed by atoms with E-state index >= 15 is 0 Å². The van der Waals surface area contributed by atoms with Gasteiger partial charge in [-0.15, -0.1) is 5.10 Å². The molecule has 1 atom stereocenters. The summed E-state index contributed by atoms with van der Waals surface area (Å²) in [7, 11) is 0. The summed E-state index contributed by atoms with van der Waals surface area (Å²) in [5.41, 5.74) is 0.853. The first-order valence-electron chi connectivity index (χ1n) is 7.24. The molecule has 0 bridgehead atoms. The molecule has 0 aliphatic rings. The summed E-state index contributed by atoms with van der Waals surface area (Å²) < 4.78 is 6.17. The molecule has 0 unspecified atom stereocenters. The Bertz CT molecular complexity index is 899. The highest BCUT2D eigenvalue weighted by Gasteiger charge is 2.17. The van der Waals surface area contributed by atoms with E-state index in [0.29, 0.717) is 16.3 Å². The molecule has 24 heavy (non-hydrogen) atoms. The molecule has 0 spiro atoms. The molecular weight excluding hydrogens is 330 g/mol. The van der Waals surface area contributed by atoms with Crippen molar-refractivity contribution in [2.45, 2.75) is 26.4 Å². The Balaban J connectivity index is 1.70. The van der Waals surface area contributed by atoms with Gasteiger partial charge in [0.1, 0.15) is 4.88 Å². The molecule has 0 aliphatic heterocycles. The van der Waals surface area contributed by atoms with Gasteiger partial charge in [-0.3, -0.25) is 4.79 Å². The zero-order valence-corrected chi connectivity index (χ0v) is 13.9. The minimum absolute atomic E-state index is 0.211. The number of hydrogen-bond donors (Lipinski definition) is 1. The number of benzene rings is 1. The van der Waals surface area contributed by atoms with Crippen molar-refractivity contribution in [1.82, 2.24) is 34.7 Å². The summed E-state index contributed by atoms with van der Waals surface area (Å²) in [5.74, 6) is -0.265. The third-order valence-corrected chi connectivity index (χ3v) is 4.15. The van der Waals surface area contributed by atoms with Crippen molar-refractivity contribution in [3.05, 3.63) is 51.4 Å². The van der Waals surface area contributed by atoms with Crippen LogP contribution in [0.2, 0.25) is 0 Å². The van der Waals surface area contributed by atoms with Crippen molar-refractivity contribution < 1.29 is 4.79 Å². The van der Waals surface area contributed by atoms with Gasteiger partial charge in [-0.2, -0.15) is 9.36 Å². The molecule has 3 rings (SSSR count). The van der Waals surface area contributed by atoms with Crippen LogP contribution in [0.3, 0.4) is 0 Å². The van der Waals surface area contributed by atoms with E-state index in [9.17, 15) is 9.59 Å². The molecule has 10 heteroatoms. The van der Waals surface area contributed by atoms with Gasteiger partial charge in [-0.05, 0) is 47.9 Å². The number of amides is 1. The highest BCUT2D eigenvalue weighted by Crippen LogP contribution is 2.09. The van der Waals surface area contributed by atoms with Crippen LogP contribution in [0.5, 0.6) is 0 Å². The molecule has 9 nitrogen and oxygen atoms in total. The molecule has 0 fully saturated rings. The molecule has 1 amide bonds. The normalized spacial score (nSPS) is 12.1. The summed E-state index contributed by atoms with van der Waals surface area (Å²) in [6, 6.07) is 8.71. The summed E-state index contributed by atoms with van der Waals surface area (Å²) >= 11 is 1.04. The second kappa shape index (κ2) is 6.71. The van der Waals surface area contributed by atoms with Gasteiger partial charge < -0.3 is 5.32 Å². The third kappa shape index (κ3) is 3.23. The number of aromatic nitrogens is 6. The minimum atomic E-state index is -0.363. The van der Waals surface area contributed by atoms with Crippen molar-refractivity contribution in [3.63, 3.8) is 0 Å². The average molecular weight is 345 g/mol. The molecule has 0 radical (unpaired) electrons. The number of aryl methyl sites for hydroxylation is 1. The molecule has 0 saturated heterocycles. The van der Waals surface area contributed by atoms with E-state index in [1.807, 2.05) is 18.2 Å². The number of carbonyl (C=O) groups is 1. The number of nitrogens with one attached hydrogen (secondary N) is 1. The predicted molar refractivity (Wildman–Crippen MR) is 87.2 cm³/mol. The summed E-state index contributed by atoms with van der Waals surface area (Å²) in [6.45, 7) is 3.72. The van der Waals surface area contributed by atoms with E-state index in [1.54, 1.807) is 26.0 Å². The number of nitrogens with zero attached hydrogens (tertiary/aromatic N) is 6. The molecule has 2 heterocycles. The summed E-state index contributed by atoms with van der Waals surface area (Å²) in [5, 5.41) is 14.3. The number of rotatable bonds is 5. The standard InChI is InChI=1S/C14H15N7O2S/c1-9(15-13(22)12-10(2)16-19-24-12)8-20-14(23)21(18-17-20)11-6-4-3-5-7-11/h3-7,9H,8H2,1-2H3,(H,15,22)/t9-/m0/s1. The lowest BCUT2D eigenvalue weighted by Crippen LogP contribution is -2.38. The summed E-state index contributed by atoms with van der Waals surface area (Å²) in [6.07, 6.45) is 0. The van der Waals surface area contributed by atoms with E-state index in [1.165, 1.54) is 9.36 Å². The highest BCUT2D eigenvalue weighted by molar-refractivity contribution is 7.08. The lowest BCUT2D eigenvalue weighted by Gasteiger charge is -2.11. The second-order valence-electron chi connectivity index (χ2n) is 5.25. The van der Waals surface area contributed by atoms with Crippen LogP contribution in [0.1, 0.15) is 22.3 Å². The van der Waals surface area contributed by atoms with Gasteiger partial charge in [0.25, 0.3) is 5.91 Å². The zero-order valence-electron chi connectivity index (χ0n) is 13.1. The van der Waals surface area contributed by atoms with Crippen LogP contribution in [-0.4, -0.2) is 41.3 Å². The fourth-order valence-corrected chi connectivity index (χ4v) is 2.71. The molecule has 0 saturated carbocycles. The number of hydrogen-bond acceptors (Lipinski definition) is 7. The van der Waals surface area contributed by atoms with E-state index in [4.69, 9.17) is 0 Å². The SMILES string of the molecule is Cc1nnsc1C(=O)N[C@@H](C)Cn1nnn(-c2ccccc2)c1=O. The van der Waals surface area contributed by atoms with E-state index < -0.39 is 0 Å². The van der Waals surface area contributed by atoms with Gasteiger partial charge in [0.2, 0.25) is 0 Å². The highest BCUT2D eigenvalue weighted by atomic mass is 32.1. The maximum absolute atomic E-state index is 12.3. The maximum Gasteiger partial charge on any atom is 0.368 e. The number of para-hydroxylation sites is 1. The van der Waals surface area contributed by atoms with Gasteiger partial charge >= 0.3 is 5.69 Å². The maximum atomic E-state index is 12.3. The smallest absolute Gasteiger partial charge is 0.347 e. The first kappa shape index (κ1) is 16.0. The van der Waals surface area contributed by atoms with Gasteiger partial charge in [0, 0.05) is 6.04 Å². The quantitative estimate of drug-likeness (QED) is 0.717. The van der Waals surface area contributed by atoms with E-state index in [-0.39, 0.29) is 24.2 Å². The van der Waals surface area contributed by atoms with Crippen LogP contribution in [-0.2, 0) is 6.54 Å². The van der Waals surface area contributed by atoms with Crippen LogP contribution < -0.4 is 11.0 Å². The topological polar surface area (TPSA) is 108 Å². The number of tetrazole rings is 1. The molecule has 0 aliphatic carbocycles. The summed E-state index contributed by atoms with van der Waals surface area (Å²) in [4.78, 5) is 24.9. The number of carbonyl (C=O) groups excluding carboxylic acids is 1. The predicted octanol–water partition coefficient (Wildman–Crippen LogP) is 0.407. The average Bonchev–Trinajstić information content (AvgIpc) is 3.15. The Labute approximate surface area is 141 Å². The van der Waals surface area contributed by atoms with Gasteiger partial charge in [-0.25, -0.2) is 4.79 Å². The first-order valence-corrected chi connectivity index (χ1v) is 8.01. The van der Waals surface area contributed by atoms with E-state index in [2.05, 4.69) is 25.3 Å². The first-order chi connectivity index (χ1) is 11.6. The van der Waals surface area contributed by atoms with Gasteiger partial charge in [0.15, 0.2) is 0 Å². The molecule has 2 aromatic heterocycles. The Hall–Kier alpha value is -2.88. The van der Waals surface area contributed by atoms with Crippen LogP contribution in [0, 0.1) is 6.92 Å². The monoisotopic (exact) mass is 345 g/mol. The van der Waals surface area contributed by atoms with Crippen molar-refractivity contribution in [3.8, 4) is 5.69 Å². The molecule has 3 aromatic rings. The lowest BCUT2D eigenvalue weighted by atomic mass is 10.3. The van der Waals surface area contributed by atoms with Crippen molar-refractivity contribution in [2.24, 2.45) is 0 Å². The lowest BCUT2D eigenvalue weighted by molar-refractivity contribution is 0.0939. The Kier molecular flexibility index (Phi) is 4.47. The van der Waals surface area contributed by atoms with E-state index in [0.717, 1.165) is 11.5 Å². The van der Waals surface area contributed by atoms with Gasteiger partial charge in [0.05, 0.1) is 17.9 Å². The van der Waals surface area contributed by atoms with Crippen LogP contribution in [0.25, 0.3) is 5.69 Å². The minimum Gasteiger partial charge on any atom is -0.347 e. The largest absolute Gasteiger partial charge is 0.368 e. The third-order valence-electron chi connectivity index (χ3n) is 3.32. The van der Waals surface area contributed by atoms with Gasteiger partial charge in [-0.1, -0.05) is 22.7 Å². The molecule has 1 aromatic carbocycles. The Morgan fingerprint density at radius 3 is 2.71 bits per heavy atom. The Morgan fingerprint density at radius 1 is 1.29 bits per heavy atom. The van der Waals surface area contributed by atoms with Crippen molar-refractivity contribution in [2.75, 3.05) is 0 Å². The molecule has 1 N–H and O–H groups in total. The van der Waals surface area contributed by atoms with Crippen molar-refractivity contribution in [1.29, 1.82) is 0 Å². The van der Waals surface area contributed by atoms with Crippen LogP contribution in [0.15, 0.2) is 35.1 Å².